The highest BCUT2D eigenvalue weighted by Crippen LogP contribution is 2.39. The van der Waals surface area contributed by atoms with Crippen LogP contribution in [0.4, 0.5) is 19.0 Å². The van der Waals surface area contributed by atoms with Gasteiger partial charge in [0.15, 0.2) is 0 Å². The summed E-state index contributed by atoms with van der Waals surface area (Å²) in [6.07, 6.45) is 6.06. The SMILES string of the molecule is FC(F)(F)[C@@H]1CC=CC[C@H]1CNc1ccn(-c2cncnc2)n1. The molecule has 0 unspecified atom stereocenters. The minimum absolute atomic E-state index is 0.0473. The van der Waals surface area contributed by atoms with E-state index < -0.39 is 18.0 Å². The lowest BCUT2D eigenvalue weighted by Gasteiger charge is -2.30. The molecule has 0 amide bonds. The first-order chi connectivity index (χ1) is 11.0. The van der Waals surface area contributed by atoms with Gasteiger partial charge < -0.3 is 5.32 Å². The molecule has 3 rings (SSSR count). The maximum atomic E-state index is 13.0. The average Bonchev–Trinajstić information content (AvgIpc) is 3.02. The van der Waals surface area contributed by atoms with E-state index in [1.165, 1.54) is 6.33 Å². The van der Waals surface area contributed by atoms with Crippen LogP contribution in [0.15, 0.2) is 43.1 Å². The lowest BCUT2D eigenvalue weighted by molar-refractivity contribution is -0.187. The minimum Gasteiger partial charge on any atom is -0.368 e. The zero-order valence-corrected chi connectivity index (χ0v) is 12.2. The van der Waals surface area contributed by atoms with Gasteiger partial charge in [-0.1, -0.05) is 12.2 Å². The molecule has 2 heterocycles. The smallest absolute Gasteiger partial charge is 0.368 e. The zero-order valence-electron chi connectivity index (χ0n) is 12.2. The van der Waals surface area contributed by atoms with Crippen molar-refractivity contribution in [3.63, 3.8) is 0 Å². The second-order valence-corrected chi connectivity index (χ2v) is 5.47. The fraction of sp³-hybridized carbons (Fsp3) is 0.400. The summed E-state index contributed by atoms with van der Waals surface area (Å²) in [5, 5.41) is 7.28. The third-order valence-corrected chi connectivity index (χ3v) is 3.93. The van der Waals surface area contributed by atoms with Gasteiger partial charge >= 0.3 is 6.18 Å². The molecule has 2 aromatic rings. The topological polar surface area (TPSA) is 55.6 Å². The molecule has 8 heteroatoms. The number of nitrogens with zero attached hydrogens (tertiary/aromatic N) is 4. The predicted octanol–water partition coefficient (Wildman–Crippen LogP) is 3.22. The van der Waals surface area contributed by atoms with Gasteiger partial charge in [0.25, 0.3) is 0 Å². The van der Waals surface area contributed by atoms with Crippen molar-refractivity contribution in [1.29, 1.82) is 0 Å². The molecular formula is C15H16F3N5. The summed E-state index contributed by atoms with van der Waals surface area (Å²) in [7, 11) is 0. The monoisotopic (exact) mass is 323 g/mol. The number of alkyl halides is 3. The standard InChI is InChI=1S/C15H16F3N5/c16-15(17,18)13-4-2-1-3-11(13)7-21-14-5-6-23(22-14)12-8-19-10-20-9-12/h1-2,5-6,8-11,13H,3-4,7H2,(H,21,22)/t11-,13+/m0/s1. The Morgan fingerprint density at radius 3 is 2.65 bits per heavy atom. The molecule has 1 aliphatic carbocycles. The summed E-state index contributed by atoms with van der Waals surface area (Å²) in [5.41, 5.74) is 0.689. The van der Waals surface area contributed by atoms with E-state index >= 15 is 0 Å². The fourth-order valence-corrected chi connectivity index (χ4v) is 2.70. The van der Waals surface area contributed by atoms with E-state index in [1.54, 1.807) is 35.4 Å². The van der Waals surface area contributed by atoms with E-state index in [1.807, 2.05) is 6.08 Å². The predicted molar refractivity (Wildman–Crippen MR) is 79.1 cm³/mol. The van der Waals surface area contributed by atoms with Gasteiger partial charge in [-0.05, 0) is 18.8 Å². The van der Waals surface area contributed by atoms with Crippen LogP contribution in [0.2, 0.25) is 0 Å². The highest BCUT2D eigenvalue weighted by atomic mass is 19.4. The Kier molecular flexibility index (Phi) is 4.31. The van der Waals surface area contributed by atoms with E-state index in [4.69, 9.17) is 0 Å². The van der Waals surface area contributed by atoms with E-state index in [0.29, 0.717) is 17.9 Å². The Hall–Kier alpha value is -2.38. The summed E-state index contributed by atoms with van der Waals surface area (Å²) in [6, 6.07) is 1.72. The van der Waals surface area contributed by atoms with Crippen LogP contribution in [0.1, 0.15) is 12.8 Å². The second-order valence-electron chi connectivity index (χ2n) is 5.47. The summed E-state index contributed by atoms with van der Waals surface area (Å²) in [5.74, 6) is -1.25. The Bertz CT molecular complexity index is 665. The van der Waals surface area contributed by atoms with Gasteiger partial charge in [0, 0.05) is 18.8 Å². The van der Waals surface area contributed by atoms with Gasteiger partial charge in [-0.3, -0.25) is 0 Å². The second kappa shape index (κ2) is 6.39. The fourth-order valence-electron chi connectivity index (χ4n) is 2.70. The van der Waals surface area contributed by atoms with Crippen molar-refractivity contribution < 1.29 is 13.2 Å². The van der Waals surface area contributed by atoms with Crippen molar-refractivity contribution in [3.8, 4) is 5.69 Å². The van der Waals surface area contributed by atoms with Crippen LogP contribution in [-0.4, -0.2) is 32.5 Å². The molecule has 0 bridgehead atoms. The Balaban J connectivity index is 1.64. The minimum atomic E-state index is -4.17. The van der Waals surface area contributed by atoms with Crippen LogP contribution < -0.4 is 5.32 Å². The van der Waals surface area contributed by atoms with Crippen molar-refractivity contribution in [2.75, 3.05) is 11.9 Å². The lowest BCUT2D eigenvalue weighted by atomic mass is 9.82. The van der Waals surface area contributed by atoms with Crippen LogP contribution in [0.5, 0.6) is 0 Å². The normalized spacial score (nSPS) is 21.3. The van der Waals surface area contributed by atoms with E-state index in [0.717, 1.165) is 0 Å². The number of halogens is 3. The van der Waals surface area contributed by atoms with Gasteiger partial charge in [-0.2, -0.15) is 18.3 Å². The maximum absolute atomic E-state index is 13.0. The quantitative estimate of drug-likeness (QED) is 0.878. The molecule has 0 saturated carbocycles. The molecule has 23 heavy (non-hydrogen) atoms. The van der Waals surface area contributed by atoms with Gasteiger partial charge in [0.2, 0.25) is 0 Å². The van der Waals surface area contributed by atoms with E-state index in [9.17, 15) is 13.2 Å². The van der Waals surface area contributed by atoms with Crippen LogP contribution in [-0.2, 0) is 0 Å². The first-order valence-corrected chi connectivity index (χ1v) is 7.30. The number of rotatable bonds is 4. The molecule has 5 nitrogen and oxygen atoms in total. The first kappa shape index (κ1) is 15.5. The number of anilines is 1. The van der Waals surface area contributed by atoms with Gasteiger partial charge in [0.1, 0.15) is 17.8 Å². The molecule has 0 spiro atoms. The Morgan fingerprint density at radius 2 is 1.91 bits per heavy atom. The first-order valence-electron chi connectivity index (χ1n) is 7.30. The molecule has 0 aliphatic heterocycles. The summed E-state index contributed by atoms with van der Waals surface area (Å²) < 4.78 is 40.7. The molecular weight excluding hydrogens is 307 g/mol. The summed E-state index contributed by atoms with van der Waals surface area (Å²) >= 11 is 0. The van der Waals surface area contributed by atoms with Crippen LogP contribution in [0.3, 0.4) is 0 Å². The number of hydrogen-bond donors (Lipinski definition) is 1. The maximum Gasteiger partial charge on any atom is 0.392 e. The summed E-state index contributed by atoms with van der Waals surface area (Å²) in [6.45, 7) is 0.233. The molecule has 122 valence electrons. The summed E-state index contributed by atoms with van der Waals surface area (Å²) in [4.78, 5) is 7.80. The largest absolute Gasteiger partial charge is 0.392 e. The number of hydrogen-bond acceptors (Lipinski definition) is 4. The van der Waals surface area contributed by atoms with Crippen molar-refractivity contribution in [1.82, 2.24) is 19.7 Å². The number of nitrogens with one attached hydrogen (secondary N) is 1. The molecule has 0 saturated heterocycles. The molecule has 1 N–H and O–H groups in total. The molecule has 0 aromatic carbocycles. The highest BCUT2D eigenvalue weighted by molar-refractivity contribution is 5.36. The zero-order chi connectivity index (χ0) is 16.3. The van der Waals surface area contributed by atoms with Crippen LogP contribution in [0, 0.1) is 11.8 Å². The Labute approximate surface area is 131 Å². The van der Waals surface area contributed by atoms with Gasteiger partial charge in [-0.15, -0.1) is 0 Å². The molecule has 1 aliphatic rings. The van der Waals surface area contributed by atoms with Crippen molar-refractivity contribution in [2.24, 2.45) is 11.8 Å². The Morgan fingerprint density at radius 1 is 1.17 bits per heavy atom. The average molecular weight is 323 g/mol. The van der Waals surface area contributed by atoms with Crippen molar-refractivity contribution in [2.45, 2.75) is 19.0 Å². The molecule has 2 aromatic heterocycles. The van der Waals surface area contributed by atoms with Crippen LogP contribution in [0.25, 0.3) is 5.69 Å². The molecule has 0 fully saturated rings. The van der Waals surface area contributed by atoms with Gasteiger partial charge in [0.05, 0.1) is 18.3 Å². The molecule has 2 atom stereocenters. The van der Waals surface area contributed by atoms with E-state index in [2.05, 4.69) is 20.4 Å². The van der Waals surface area contributed by atoms with Crippen molar-refractivity contribution >= 4 is 5.82 Å². The van der Waals surface area contributed by atoms with Crippen LogP contribution >= 0.6 is 0 Å². The highest BCUT2D eigenvalue weighted by Gasteiger charge is 2.44. The number of aromatic nitrogens is 4. The lowest BCUT2D eigenvalue weighted by Crippen LogP contribution is -2.35. The third kappa shape index (κ3) is 3.69. The van der Waals surface area contributed by atoms with Gasteiger partial charge in [-0.25, -0.2) is 14.6 Å². The third-order valence-electron chi connectivity index (χ3n) is 3.93. The molecule has 0 radical (unpaired) electrons. The van der Waals surface area contributed by atoms with E-state index in [-0.39, 0.29) is 13.0 Å². The number of allylic oxidation sites excluding steroid dienone is 2. The van der Waals surface area contributed by atoms with Crippen molar-refractivity contribution in [3.05, 3.63) is 43.1 Å².